The molecule has 0 aromatic carbocycles. The van der Waals surface area contributed by atoms with E-state index in [0.717, 1.165) is 0 Å². The van der Waals surface area contributed by atoms with Crippen LogP contribution in [0.25, 0.3) is 0 Å². The van der Waals surface area contributed by atoms with Gasteiger partial charge in [-0.25, -0.2) is 13.4 Å². The van der Waals surface area contributed by atoms with Gasteiger partial charge in [-0.3, -0.25) is 0 Å². The number of oxime groups is 1. The van der Waals surface area contributed by atoms with Crippen molar-refractivity contribution in [2.75, 3.05) is 0 Å². The molecule has 9 heteroatoms. The average molecular weight is 289 g/mol. The Labute approximate surface area is 112 Å². The number of hydrogen-bond donors (Lipinski definition) is 3. The minimum absolute atomic E-state index is 0.0974. The van der Waals surface area contributed by atoms with Crippen molar-refractivity contribution in [1.82, 2.24) is 14.3 Å². The minimum atomic E-state index is -3.83. The SMILES string of the molecule is CCn1cnc(S(=O)(=O)NC(C)(CC)C(N)=NO)c1. The van der Waals surface area contributed by atoms with E-state index in [-0.39, 0.29) is 10.9 Å². The zero-order valence-corrected chi connectivity index (χ0v) is 12.0. The van der Waals surface area contributed by atoms with E-state index in [0.29, 0.717) is 13.0 Å². The summed E-state index contributed by atoms with van der Waals surface area (Å²) >= 11 is 0. The summed E-state index contributed by atoms with van der Waals surface area (Å²) in [5, 5.41) is 11.5. The Hall–Kier alpha value is -1.61. The number of rotatable bonds is 6. The molecule has 1 heterocycles. The quantitative estimate of drug-likeness (QED) is 0.296. The van der Waals surface area contributed by atoms with E-state index < -0.39 is 15.6 Å². The van der Waals surface area contributed by atoms with Crippen LogP contribution >= 0.6 is 0 Å². The fourth-order valence-electron chi connectivity index (χ4n) is 1.42. The van der Waals surface area contributed by atoms with Gasteiger partial charge in [0.1, 0.15) is 0 Å². The summed E-state index contributed by atoms with van der Waals surface area (Å²) in [6, 6.07) is 0. The minimum Gasteiger partial charge on any atom is -0.409 e. The van der Waals surface area contributed by atoms with Gasteiger partial charge in [0.05, 0.1) is 11.9 Å². The van der Waals surface area contributed by atoms with Crippen LogP contribution in [0.5, 0.6) is 0 Å². The van der Waals surface area contributed by atoms with Crippen LogP contribution in [0.15, 0.2) is 22.7 Å². The van der Waals surface area contributed by atoms with Crippen LogP contribution in [0.4, 0.5) is 0 Å². The highest BCUT2D eigenvalue weighted by Crippen LogP contribution is 2.15. The molecule has 4 N–H and O–H groups in total. The Kier molecular flexibility index (Phi) is 4.53. The lowest BCUT2D eigenvalue weighted by Gasteiger charge is -2.26. The number of amidine groups is 1. The van der Waals surface area contributed by atoms with E-state index in [4.69, 9.17) is 10.9 Å². The Bertz CT molecular complexity index is 565. The van der Waals surface area contributed by atoms with Gasteiger partial charge in [-0.05, 0) is 20.3 Å². The third-order valence-corrected chi connectivity index (χ3v) is 4.47. The highest BCUT2D eigenvalue weighted by molar-refractivity contribution is 7.89. The molecular formula is C10H19N5O3S. The molecule has 1 atom stereocenters. The molecule has 0 saturated carbocycles. The zero-order valence-electron chi connectivity index (χ0n) is 11.2. The maximum atomic E-state index is 12.2. The number of nitrogens with two attached hydrogens (primary N) is 1. The second-order valence-electron chi connectivity index (χ2n) is 4.32. The summed E-state index contributed by atoms with van der Waals surface area (Å²) in [5.41, 5.74) is 4.36. The maximum absolute atomic E-state index is 12.2. The summed E-state index contributed by atoms with van der Waals surface area (Å²) in [4.78, 5) is 3.83. The van der Waals surface area contributed by atoms with Crippen molar-refractivity contribution >= 4 is 15.9 Å². The van der Waals surface area contributed by atoms with Gasteiger partial charge in [-0.15, -0.1) is 0 Å². The smallest absolute Gasteiger partial charge is 0.260 e. The molecule has 0 aliphatic rings. The molecule has 8 nitrogen and oxygen atoms in total. The van der Waals surface area contributed by atoms with Crippen LogP contribution in [0.3, 0.4) is 0 Å². The lowest BCUT2D eigenvalue weighted by molar-refractivity contribution is 0.310. The highest BCUT2D eigenvalue weighted by Gasteiger charge is 2.34. The second kappa shape index (κ2) is 5.57. The van der Waals surface area contributed by atoms with Gasteiger partial charge in [0.25, 0.3) is 10.0 Å². The molecular weight excluding hydrogens is 270 g/mol. The number of nitrogens with zero attached hydrogens (tertiary/aromatic N) is 3. The largest absolute Gasteiger partial charge is 0.409 e. The lowest BCUT2D eigenvalue weighted by atomic mass is 10.00. The van der Waals surface area contributed by atoms with Crippen molar-refractivity contribution in [1.29, 1.82) is 0 Å². The predicted molar refractivity (Wildman–Crippen MR) is 70.3 cm³/mol. The molecule has 1 rings (SSSR count). The van der Waals surface area contributed by atoms with E-state index in [9.17, 15) is 8.42 Å². The summed E-state index contributed by atoms with van der Waals surface area (Å²) in [5.74, 6) is -0.200. The second-order valence-corrected chi connectivity index (χ2v) is 5.95. The summed E-state index contributed by atoms with van der Waals surface area (Å²) < 4.78 is 28.4. The third kappa shape index (κ3) is 3.24. The van der Waals surface area contributed by atoms with Crippen LogP contribution in [-0.2, 0) is 16.6 Å². The lowest BCUT2D eigenvalue weighted by Crippen LogP contribution is -2.54. The Morgan fingerprint density at radius 3 is 2.68 bits per heavy atom. The van der Waals surface area contributed by atoms with Crippen molar-refractivity contribution in [2.24, 2.45) is 10.9 Å². The van der Waals surface area contributed by atoms with E-state index in [2.05, 4.69) is 14.9 Å². The van der Waals surface area contributed by atoms with E-state index >= 15 is 0 Å². The van der Waals surface area contributed by atoms with Crippen LogP contribution in [0.1, 0.15) is 27.2 Å². The Balaban J connectivity index is 3.08. The first-order chi connectivity index (χ1) is 8.79. The van der Waals surface area contributed by atoms with Crippen LogP contribution < -0.4 is 10.5 Å². The predicted octanol–water partition coefficient (Wildman–Crippen LogP) is 0.0964. The number of sulfonamides is 1. The fraction of sp³-hybridized carbons (Fsp3) is 0.600. The van der Waals surface area contributed by atoms with Crippen molar-refractivity contribution in [3.63, 3.8) is 0 Å². The standard InChI is InChI=1S/C10H19N5O3S/c1-4-10(3,9(11)13-16)14-19(17,18)8-6-15(5-2)7-12-8/h6-7,14,16H,4-5H2,1-3H3,(H2,11,13). The normalized spacial score (nSPS) is 16.3. The van der Waals surface area contributed by atoms with E-state index in [1.807, 2.05) is 6.92 Å². The van der Waals surface area contributed by atoms with Gasteiger partial charge in [0.15, 0.2) is 10.9 Å². The first-order valence-electron chi connectivity index (χ1n) is 5.82. The van der Waals surface area contributed by atoms with Crippen molar-refractivity contribution in [2.45, 2.75) is 44.3 Å². The van der Waals surface area contributed by atoms with Gasteiger partial charge < -0.3 is 15.5 Å². The third-order valence-electron chi connectivity index (χ3n) is 2.99. The number of aromatic nitrogens is 2. The molecule has 0 amide bonds. The molecule has 0 aliphatic heterocycles. The van der Waals surface area contributed by atoms with Crippen LogP contribution in [0.2, 0.25) is 0 Å². The van der Waals surface area contributed by atoms with Gasteiger partial charge in [0.2, 0.25) is 0 Å². The topological polar surface area (TPSA) is 123 Å². The Morgan fingerprint density at radius 1 is 1.63 bits per heavy atom. The summed E-state index contributed by atoms with van der Waals surface area (Å²) in [6.45, 7) is 5.76. The van der Waals surface area contributed by atoms with Crippen molar-refractivity contribution in [3.05, 3.63) is 12.5 Å². The number of aryl methyl sites for hydroxylation is 1. The molecule has 1 aromatic rings. The Morgan fingerprint density at radius 2 is 2.26 bits per heavy atom. The molecule has 0 spiro atoms. The van der Waals surface area contributed by atoms with E-state index in [1.54, 1.807) is 11.5 Å². The molecule has 1 aromatic heterocycles. The van der Waals surface area contributed by atoms with Gasteiger partial charge in [-0.1, -0.05) is 12.1 Å². The van der Waals surface area contributed by atoms with Crippen molar-refractivity contribution in [3.8, 4) is 0 Å². The first kappa shape index (κ1) is 15.4. The van der Waals surface area contributed by atoms with Crippen LogP contribution in [-0.4, -0.2) is 34.6 Å². The fourth-order valence-corrected chi connectivity index (χ4v) is 2.82. The number of nitrogens with one attached hydrogen (secondary N) is 1. The zero-order chi connectivity index (χ0) is 14.7. The van der Waals surface area contributed by atoms with Gasteiger partial charge in [-0.2, -0.15) is 4.72 Å². The molecule has 0 saturated heterocycles. The maximum Gasteiger partial charge on any atom is 0.260 e. The molecule has 108 valence electrons. The number of imidazole rings is 1. The van der Waals surface area contributed by atoms with Gasteiger partial charge in [0, 0.05) is 12.7 Å². The molecule has 0 radical (unpaired) electrons. The van der Waals surface area contributed by atoms with Crippen LogP contribution in [0, 0.1) is 0 Å². The highest BCUT2D eigenvalue weighted by atomic mass is 32.2. The average Bonchev–Trinajstić information content (AvgIpc) is 2.86. The molecule has 0 aliphatic carbocycles. The number of hydrogen-bond acceptors (Lipinski definition) is 5. The summed E-state index contributed by atoms with van der Waals surface area (Å²) in [7, 11) is -3.83. The summed E-state index contributed by atoms with van der Waals surface area (Å²) in [6.07, 6.45) is 3.18. The van der Waals surface area contributed by atoms with Gasteiger partial charge >= 0.3 is 0 Å². The molecule has 19 heavy (non-hydrogen) atoms. The molecule has 0 bridgehead atoms. The monoisotopic (exact) mass is 289 g/mol. The molecule has 0 fully saturated rings. The first-order valence-corrected chi connectivity index (χ1v) is 7.31. The van der Waals surface area contributed by atoms with Crippen molar-refractivity contribution < 1.29 is 13.6 Å². The molecule has 1 unspecified atom stereocenters. The van der Waals surface area contributed by atoms with E-state index in [1.165, 1.54) is 19.4 Å².